The van der Waals surface area contributed by atoms with Crippen LogP contribution < -0.4 is 5.32 Å². The zero-order valence-electron chi connectivity index (χ0n) is 39.2. The highest BCUT2D eigenvalue weighted by atomic mass is 15.1. The smallest absolute Gasteiger partial charge is 0.164 e. The molecule has 1 aromatic heterocycles. The van der Waals surface area contributed by atoms with Gasteiger partial charge in [-0.05, 0) is 94.5 Å². The number of allylic oxidation sites excluding steroid dienone is 1. The van der Waals surface area contributed by atoms with Gasteiger partial charge in [-0.3, -0.25) is 4.99 Å². The molecule has 0 amide bonds. The average molecular weight is 920 g/mol. The molecule has 5 nitrogen and oxygen atoms in total. The molecule has 0 saturated heterocycles. The van der Waals surface area contributed by atoms with Crippen LogP contribution in [0.15, 0.2) is 266 Å². The van der Waals surface area contributed by atoms with Crippen molar-refractivity contribution in [2.75, 3.05) is 0 Å². The zero-order valence-corrected chi connectivity index (χ0v) is 39.2. The van der Waals surface area contributed by atoms with Gasteiger partial charge in [0.1, 0.15) is 6.17 Å². The molecule has 338 valence electrons. The topological polar surface area (TPSA) is 63.1 Å². The Morgan fingerprint density at radius 2 is 0.694 bits per heavy atom. The Kier molecular flexibility index (Phi) is 10.9. The Morgan fingerprint density at radius 1 is 0.292 bits per heavy atom. The molecule has 0 aliphatic carbocycles. The van der Waals surface area contributed by atoms with Crippen molar-refractivity contribution in [1.29, 1.82) is 0 Å². The minimum absolute atomic E-state index is 0.235. The van der Waals surface area contributed by atoms with E-state index in [0.717, 1.165) is 61.3 Å². The van der Waals surface area contributed by atoms with Gasteiger partial charge in [-0.25, -0.2) is 15.0 Å². The molecule has 1 atom stereocenters. The summed E-state index contributed by atoms with van der Waals surface area (Å²) in [6.07, 6.45) is 1.92. The summed E-state index contributed by atoms with van der Waals surface area (Å²) < 4.78 is 0. The average Bonchev–Trinajstić information content (AvgIpc) is 3.47. The summed E-state index contributed by atoms with van der Waals surface area (Å²) in [6, 6.07) is 90.0. The van der Waals surface area contributed by atoms with E-state index in [0.29, 0.717) is 17.5 Å². The summed E-state index contributed by atoms with van der Waals surface area (Å²) in [7, 11) is 0. The number of nitrogens with one attached hydrogen (secondary N) is 1. The number of aliphatic imine (C=N–C) groups is 1. The SMILES string of the molecule is C1=C(c2ccccc2)NC(c2ccc(-c3ccc(-c4ccc(-c5ccc(-c6nc(-c7ccccc7)nc(-c7ccc8ccccc8c7)n6)cc5)c5ccccc45)c4ccccc34)cc2)N=C1c1ccccc1. The van der Waals surface area contributed by atoms with E-state index in [-0.39, 0.29) is 6.17 Å². The van der Waals surface area contributed by atoms with Gasteiger partial charge in [-0.2, -0.15) is 0 Å². The van der Waals surface area contributed by atoms with Gasteiger partial charge in [0, 0.05) is 22.4 Å². The fourth-order valence-corrected chi connectivity index (χ4v) is 10.1. The Morgan fingerprint density at radius 3 is 1.26 bits per heavy atom. The molecule has 5 heteroatoms. The van der Waals surface area contributed by atoms with Gasteiger partial charge in [0.05, 0.1) is 5.71 Å². The summed E-state index contributed by atoms with van der Waals surface area (Å²) in [5, 5.41) is 10.9. The highest BCUT2D eigenvalue weighted by Crippen LogP contribution is 2.42. The predicted molar refractivity (Wildman–Crippen MR) is 298 cm³/mol. The first kappa shape index (κ1) is 42.5. The molecule has 0 radical (unpaired) electrons. The number of nitrogens with zero attached hydrogens (tertiary/aromatic N) is 4. The number of aromatic nitrogens is 3. The molecule has 0 saturated carbocycles. The molecule has 1 aliphatic heterocycles. The van der Waals surface area contributed by atoms with Crippen molar-refractivity contribution in [3.8, 4) is 67.5 Å². The molecule has 0 fully saturated rings. The number of rotatable bonds is 9. The molecule has 13 rings (SSSR count). The van der Waals surface area contributed by atoms with Crippen LogP contribution in [0, 0.1) is 0 Å². The fourth-order valence-electron chi connectivity index (χ4n) is 10.1. The first-order valence-corrected chi connectivity index (χ1v) is 24.4. The normalized spacial score (nSPS) is 13.4. The van der Waals surface area contributed by atoms with Gasteiger partial charge in [0.15, 0.2) is 17.5 Å². The molecule has 0 spiro atoms. The van der Waals surface area contributed by atoms with Crippen LogP contribution in [0.4, 0.5) is 0 Å². The minimum Gasteiger partial charge on any atom is -0.360 e. The third-order valence-corrected chi connectivity index (χ3v) is 13.8. The van der Waals surface area contributed by atoms with Crippen molar-refractivity contribution >= 4 is 43.7 Å². The van der Waals surface area contributed by atoms with E-state index in [4.69, 9.17) is 19.9 Å². The van der Waals surface area contributed by atoms with Crippen LogP contribution in [-0.4, -0.2) is 20.7 Å². The van der Waals surface area contributed by atoms with E-state index >= 15 is 0 Å². The Hall–Kier alpha value is -9.58. The van der Waals surface area contributed by atoms with Gasteiger partial charge >= 0.3 is 0 Å². The van der Waals surface area contributed by atoms with E-state index < -0.39 is 0 Å². The lowest BCUT2D eigenvalue weighted by atomic mass is 9.88. The second-order valence-electron chi connectivity index (χ2n) is 18.2. The maximum absolute atomic E-state index is 5.22. The monoisotopic (exact) mass is 919 g/mol. The largest absolute Gasteiger partial charge is 0.360 e. The highest BCUT2D eigenvalue weighted by Gasteiger charge is 2.21. The van der Waals surface area contributed by atoms with Crippen molar-refractivity contribution in [1.82, 2.24) is 20.3 Å². The minimum atomic E-state index is -0.235. The van der Waals surface area contributed by atoms with E-state index in [1.165, 1.54) is 49.2 Å². The van der Waals surface area contributed by atoms with E-state index in [1.807, 2.05) is 36.4 Å². The van der Waals surface area contributed by atoms with Crippen molar-refractivity contribution in [3.63, 3.8) is 0 Å². The van der Waals surface area contributed by atoms with Gasteiger partial charge in [-0.15, -0.1) is 0 Å². The zero-order chi connectivity index (χ0) is 47.8. The molecule has 72 heavy (non-hydrogen) atoms. The molecule has 11 aromatic carbocycles. The molecule has 12 aromatic rings. The number of benzene rings is 11. The molecule has 1 N–H and O–H groups in total. The summed E-state index contributed by atoms with van der Waals surface area (Å²) in [6.45, 7) is 0. The first-order chi connectivity index (χ1) is 35.7. The second kappa shape index (κ2) is 18.4. The van der Waals surface area contributed by atoms with E-state index in [2.05, 4.69) is 230 Å². The number of fused-ring (bicyclic) bond motifs is 3. The van der Waals surface area contributed by atoms with Gasteiger partial charge < -0.3 is 5.32 Å². The Balaban J connectivity index is 0.822. The van der Waals surface area contributed by atoms with Gasteiger partial charge in [-0.1, -0.05) is 249 Å². The van der Waals surface area contributed by atoms with Crippen molar-refractivity contribution in [3.05, 3.63) is 278 Å². The number of hydrogen-bond donors (Lipinski definition) is 1. The molecule has 2 heterocycles. The van der Waals surface area contributed by atoms with Crippen LogP contribution in [0.25, 0.3) is 106 Å². The maximum atomic E-state index is 5.22. The van der Waals surface area contributed by atoms with Crippen LogP contribution in [0.1, 0.15) is 22.9 Å². The van der Waals surface area contributed by atoms with E-state index in [1.54, 1.807) is 0 Å². The Labute approximate surface area is 418 Å². The third-order valence-electron chi connectivity index (χ3n) is 13.8. The third kappa shape index (κ3) is 8.09. The summed E-state index contributed by atoms with van der Waals surface area (Å²) in [5.74, 6) is 1.92. The molecule has 1 aliphatic rings. The van der Waals surface area contributed by atoms with Crippen molar-refractivity contribution < 1.29 is 0 Å². The molecular formula is C67H45N5. The first-order valence-electron chi connectivity index (χ1n) is 24.4. The lowest BCUT2D eigenvalue weighted by molar-refractivity contribution is 0.664. The van der Waals surface area contributed by atoms with Crippen LogP contribution in [0.2, 0.25) is 0 Å². The van der Waals surface area contributed by atoms with Crippen LogP contribution in [-0.2, 0) is 0 Å². The van der Waals surface area contributed by atoms with Gasteiger partial charge in [0.25, 0.3) is 0 Å². The lowest BCUT2D eigenvalue weighted by Gasteiger charge is -2.25. The number of hydrogen-bond acceptors (Lipinski definition) is 5. The highest BCUT2D eigenvalue weighted by molar-refractivity contribution is 6.14. The summed E-state index contributed by atoms with van der Waals surface area (Å²) >= 11 is 0. The maximum Gasteiger partial charge on any atom is 0.164 e. The van der Waals surface area contributed by atoms with E-state index in [9.17, 15) is 0 Å². The van der Waals surface area contributed by atoms with Gasteiger partial charge in [0.2, 0.25) is 0 Å². The van der Waals surface area contributed by atoms with Crippen molar-refractivity contribution in [2.45, 2.75) is 6.17 Å². The fraction of sp³-hybridized carbons (Fsp3) is 0.0149. The summed E-state index contributed by atoms with van der Waals surface area (Å²) in [5.41, 5.74) is 15.2. The quantitative estimate of drug-likeness (QED) is 0.157. The standard InChI is InChI=1S/C67H45N5/c1-4-17-47(18-5-1)62-43-63(48-19-6-2-7-20-48)69-64(68-62)50-33-29-45(30-34-50)54-38-40-60(58-26-14-12-24-56(54)58)61-41-39-55(57-25-13-15-27-59(57)61)46-31-35-51(36-32-46)66-70-65(49-21-8-3-9-22-49)71-67(72-66)53-37-28-44-16-10-11-23-52(44)42-53/h1-43,64,68H. The van der Waals surface area contributed by atoms with Crippen LogP contribution in [0.3, 0.4) is 0 Å². The summed E-state index contributed by atoms with van der Waals surface area (Å²) in [4.78, 5) is 20.3. The second-order valence-corrected chi connectivity index (χ2v) is 18.2. The van der Waals surface area contributed by atoms with Crippen molar-refractivity contribution in [2.24, 2.45) is 4.99 Å². The van der Waals surface area contributed by atoms with Crippen LogP contribution in [0.5, 0.6) is 0 Å². The van der Waals surface area contributed by atoms with Crippen LogP contribution >= 0.6 is 0 Å². The molecule has 1 unspecified atom stereocenters. The Bertz CT molecular complexity index is 4030. The molecular weight excluding hydrogens is 875 g/mol. The predicted octanol–water partition coefficient (Wildman–Crippen LogP) is 16.5. The molecule has 0 bridgehead atoms. The lowest BCUT2D eigenvalue weighted by Crippen LogP contribution is -2.24.